The van der Waals surface area contributed by atoms with Crippen LogP contribution < -0.4 is 10.1 Å². The molecule has 1 atom stereocenters. The number of ether oxygens (including phenoxy) is 1. The van der Waals surface area contributed by atoms with Gasteiger partial charge < -0.3 is 10.1 Å². The lowest BCUT2D eigenvalue weighted by molar-refractivity contribution is 0.192. The Hall–Kier alpha value is -1.02. The van der Waals surface area contributed by atoms with Gasteiger partial charge >= 0.3 is 0 Å². The van der Waals surface area contributed by atoms with E-state index in [1.165, 1.54) is 12.0 Å². The second-order valence-electron chi connectivity index (χ2n) is 4.31. The maximum Gasteiger partial charge on any atom is 0.122 e. The van der Waals surface area contributed by atoms with E-state index < -0.39 is 0 Å². The third kappa shape index (κ3) is 4.78. The van der Waals surface area contributed by atoms with Crippen molar-refractivity contribution >= 4 is 0 Å². The van der Waals surface area contributed by atoms with Gasteiger partial charge in [0.05, 0.1) is 0 Å². The summed E-state index contributed by atoms with van der Waals surface area (Å²) in [5, 5.41) is 3.42. The van der Waals surface area contributed by atoms with Gasteiger partial charge in [-0.25, -0.2) is 0 Å². The summed E-state index contributed by atoms with van der Waals surface area (Å²) in [4.78, 5) is 0. The maximum absolute atomic E-state index is 6.07. The lowest BCUT2D eigenvalue weighted by Crippen LogP contribution is -2.31. The van der Waals surface area contributed by atoms with Crippen LogP contribution in [0.4, 0.5) is 0 Å². The molecule has 1 aromatic rings. The van der Waals surface area contributed by atoms with Gasteiger partial charge in [0.1, 0.15) is 11.9 Å². The number of hydrogen-bond donors (Lipinski definition) is 1. The first-order chi connectivity index (χ1) is 8.31. The molecular weight excluding hydrogens is 210 g/mol. The summed E-state index contributed by atoms with van der Waals surface area (Å²) in [7, 11) is 0. The average molecular weight is 235 g/mol. The van der Waals surface area contributed by atoms with Crippen molar-refractivity contribution in [1.82, 2.24) is 5.32 Å². The van der Waals surface area contributed by atoms with Crippen molar-refractivity contribution in [2.75, 3.05) is 13.1 Å². The lowest BCUT2D eigenvalue weighted by atomic mass is 10.1. The van der Waals surface area contributed by atoms with Crippen molar-refractivity contribution in [3.05, 3.63) is 29.8 Å². The molecule has 1 aromatic carbocycles. The summed E-state index contributed by atoms with van der Waals surface area (Å²) in [5.41, 5.74) is 1.29. The van der Waals surface area contributed by atoms with Gasteiger partial charge in [-0.1, -0.05) is 39.0 Å². The first-order valence-electron chi connectivity index (χ1n) is 6.77. The topological polar surface area (TPSA) is 21.3 Å². The second-order valence-corrected chi connectivity index (χ2v) is 4.31. The highest BCUT2D eigenvalue weighted by Crippen LogP contribution is 2.20. The van der Waals surface area contributed by atoms with Crippen molar-refractivity contribution in [3.63, 3.8) is 0 Å². The summed E-state index contributed by atoms with van der Waals surface area (Å²) in [6.45, 7) is 8.52. The summed E-state index contributed by atoms with van der Waals surface area (Å²) in [6, 6.07) is 8.32. The molecule has 0 aliphatic rings. The summed E-state index contributed by atoms with van der Waals surface area (Å²) in [5.74, 6) is 1.04. The highest BCUT2D eigenvalue weighted by atomic mass is 16.5. The Morgan fingerprint density at radius 1 is 1.18 bits per heavy atom. The fourth-order valence-electron chi connectivity index (χ4n) is 1.80. The van der Waals surface area contributed by atoms with Crippen molar-refractivity contribution in [2.45, 2.75) is 46.1 Å². The summed E-state index contributed by atoms with van der Waals surface area (Å²) >= 11 is 0. The van der Waals surface area contributed by atoms with Crippen LogP contribution in [0.1, 0.15) is 39.2 Å². The third-order valence-electron chi connectivity index (χ3n) is 2.90. The Labute approximate surface area is 105 Å². The number of rotatable bonds is 8. The minimum atomic E-state index is 0.272. The predicted molar refractivity (Wildman–Crippen MR) is 73.7 cm³/mol. The molecule has 0 aliphatic carbocycles. The van der Waals surface area contributed by atoms with Crippen LogP contribution in [0.3, 0.4) is 0 Å². The second kappa shape index (κ2) is 8.13. The van der Waals surface area contributed by atoms with Gasteiger partial charge in [0.25, 0.3) is 0 Å². The molecule has 1 N–H and O–H groups in total. The molecule has 0 saturated heterocycles. The first kappa shape index (κ1) is 14.0. The number of benzene rings is 1. The Morgan fingerprint density at radius 2 is 1.94 bits per heavy atom. The molecule has 2 nitrogen and oxygen atoms in total. The van der Waals surface area contributed by atoms with Crippen molar-refractivity contribution in [2.24, 2.45) is 0 Å². The quantitative estimate of drug-likeness (QED) is 0.697. The average Bonchev–Trinajstić information content (AvgIpc) is 2.38. The van der Waals surface area contributed by atoms with Crippen LogP contribution in [0, 0.1) is 0 Å². The molecule has 0 amide bonds. The van der Waals surface area contributed by atoms with E-state index in [1.54, 1.807) is 0 Å². The van der Waals surface area contributed by atoms with Crippen LogP contribution in [0.5, 0.6) is 5.75 Å². The zero-order valence-corrected chi connectivity index (χ0v) is 11.3. The first-order valence-corrected chi connectivity index (χ1v) is 6.77. The van der Waals surface area contributed by atoms with Crippen LogP contribution in [-0.4, -0.2) is 19.2 Å². The molecule has 0 fully saturated rings. The maximum atomic E-state index is 6.07. The molecule has 0 heterocycles. The highest BCUT2D eigenvalue weighted by Gasteiger charge is 2.09. The highest BCUT2D eigenvalue weighted by molar-refractivity contribution is 5.33. The Kier molecular flexibility index (Phi) is 6.71. The van der Waals surface area contributed by atoms with Gasteiger partial charge in [-0.3, -0.25) is 0 Å². The van der Waals surface area contributed by atoms with Gasteiger partial charge in [-0.15, -0.1) is 0 Å². The number of aryl methyl sites for hydroxylation is 1. The lowest BCUT2D eigenvalue weighted by Gasteiger charge is -2.20. The van der Waals surface area contributed by atoms with Gasteiger partial charge in [-0.2, -0.15) is 0 Å². The molecule has 0 aliphatic heterocycles. The monoisotopic (exact) mass is 235 g/mol. The molecule has 0 saturated carbocycles. The molecular formula is C15H25NO. The molecule has 1 unspecified atom stereocenters. The standard InChI is InChI=1S/C15H25NO/c1-4-11-16-12-14(6-3)17-15-10-8-7-9-13(15)5-2/h7-10,14,16H,4-6,11-12H2,1-3H3. The summed E-state index contributed by atoms with van der Waals surface area (Å²) < 4.78 is 6.07. The predicted octanol–water partition coefficient (Wildman–Crippen LogP) is 3.41. The van der Waals surface area contributed by atoms with Gasteiger partial charge in [0.15, 0.2) is 0 Å². The van der Waals surface area contributed by atoms with Crippen molar-refractivity contribution in [3.8, 4) is 5.75 Å². The van der Waals surface area contributed by atoms with E-state index in [4.69, 9.17) is 4.74 Å². The minimum Gasteiger partial charge on any atom is -0.489 e. The molecule has 96 valence electrons. The normalized spacial score (nSPS) is 12.4. The fourth-order valence-corrected chi connectivity index (χ4v) is 1.80. The van der Waals surface area contributed by atoms with E-state index in [2.05, 4.69) is 44.3 Å². The van der Waals surface area contributed by atoms with E-state index in [1.807, 2.05) is 6.07 Å². The SMILES string of the molecule is CCCNCC(CC)Oc1ccccc1CC. The van der Waals surface area contributed by atoms with Gasteiger partial charge in [0, 0.05) is 6.54 Å². The molecule has 0 bridgehead atoms. The Bertz CT molecular complexity index is 312. The molecule has 1 rings (SSSR count). The van der Waals surface area contributed by atoms with Crippen LogP contribution >= 0.6 is 0 Å². The molecule has 17 heavy (non-hydrogen) atoms. The number of para-hydroxylation sites is 1. The zero-order chi connectivity index (χ0) is 12.5. The zero-order valence-electron chi connectivity index (χ0n) is 11.3. The van der Waals surface area contributed by atoms with E-state index in [0.29, 0.717) is 0 Å². The van der Waals surface area contributed by atoms with E-state index in [-0.39, 0.29) is 6.10 Å². The van der Waals surface area contributed by atoms with Crippen LogP contribution in [0.25, 0.3) is 0 Å². The van der Waals surface area contributed by atoms with E-state index in [9.17, 15) is 0 Å². The van der Waals surface area contributed by atoms with Gasteiger partial charge in [-0.05, 0) is 37.4 Å². The van der Waals surface area contributed by atoms with Crippen molar-refractivity contribution < 1.29 is 4.74 Å². The Morgan fingerprint density at radius 3 is 2.59 bits per heavy atom. The largest absolute Gasteiger partial charge is 0.489 e. The summed E-state index contributed by atoms with van der Waals surface area (Å²) in [6.07, 6.45) is 3.50. The Balaban J connectivity index is 2.54. The van der Waals surface area contributed by atoms with Crippen LogP contribution in [0.2, 0.25) is 0 Å². The van der Waals surface area contributed by atoms with Gasteiger partial charge in [0.2, 0.25) is 0 Å². The fraction of sp³-hybridized carbons (Fsp3) is 0.600. The molecule has 2 heteroatoms. The van der Waals surface area contributed by atoms with E-state index >= 15 is 0 Å². The smallest absolute Gasteiger partial charge is 0.122 e. The van der Waals surface area contributed by atoms with Crippen LogP contribution in [0.15, 0.2) is 24.3 Å². The molecule has 0 aromatic heterocycles. The minimum absolute atomic E-state index is 0.272. The molecule has 0 radical (unpaired) electrons. The molecule has 0 spiro atoms. The van der Waals surface area contributed by atoms with Crippen LogP contribution in [-0.2, 0) is 6.42 Å². The number of nitrogens with one attached hydrogen (secondary N) is 1. The third-order valence-corrected chi connectivity index (χ3v) is 2.90. The van der Waals surface area contributed by atoms with E-state index in [0.717, 1.165) is 31.7 Å². The number of hydrogen-bond acceptors (Lipinski definition) is 2. The van der Waals surface area contributed by atoms with Crippen molar-refractivity contribution in [1.29, 1.82) is 0 Å².